The summed E-state index contributed by atoms with van der Waals surface area (Å²) in [5.41, 5.74) is 6.37. The summed E-state index contributed by atoms with van der Waals surface area (Å²) < 4.78 is 0. The minimum Gasteiger partial charge on any atom is -0.396 e. The molecule has 14 heavy (non-hydrogen) atoms. The van der Waals surface area contributed by atoms with Crippen LogP contribution in [0.25, 0.3) is 0 Å². The first-order valence-corrected chi connectivity index (χ1v) is 6.03. The van der Waals surface area contributed by atoms with Crippen LogP contribution in [0, 0.1) is 11.3 Å². The molecule has 0 spiro atoms. The minimum absolute atomic E-state index is 0.222. The van der Waals surface area contributed by atoms with Crippen LogP contribution in [0.4, 0.5) is 0 Å². The molecular weight excluding hydrogens is 174 g/mol. The molecule has 1 aliphatic rings. The van der Waals surface area contributed by atoms with Crippen molar-refractivity contribution in [3.05, 3.63) is 0 Å². The Balaban J connectivity index is 2.79. The molecule has 84 valence electrons. The van der Waals surface area contributed by atoms with Gasteiger partial charge in [-0.15, -0.1) is 0 Å². The smallest absolute Gasteiger partial charge is 0.0437 e. The first kappa shape index (κ1) is 12.0. The van der Waals surface area contributed by atoms with E-state index in [1.54, 1.807) is 0 Å². The zero-order chi connectivity index (χ0) is 10.6. The summed E-state index contributed by atoms with van der Waals surface area (Å²) in [7, 11) is 0. The van der Waals surface area contributed by atoms with Crippen molar-refractivity contribution in [1.29, 1.82) is 0 Å². The highest BCUT2D eigenvalue weighted by molar-refractivity contribution is 4.94. The van der Waals surface area contributed by atoms with Crippen LogP contribution in [-0.2, 0) is 0 Å². The fraction of sp³-hybridized carbons (Fsp3) is 1.00. The number of rotatable bonds is 4. The minimum atomic E-state index is 0.222. The number of aliphatic hydroxyl groups is 1. The predicted molar refractivity (Wildman–Crippen MR) is 60.0 cm³/mol. The SMILES string of the molecule is CCC1CCCCC1(CCO)C(C)N. The normalized spacial score (nSPS) is 35.6. The van der Waals surface area contributed by atoms with Gasteiger partial charge < -0.3 is 10.8 Å². The third kappa shape index (κ3) is 2.12. The lowest BCUT2D eigenvalue weighted by Gasteiger charge is -2.47. The van der Waals surface area contributed by atoms with Crippen LogP contribution < -0.4 is 5.73 Å². The topological polar surface area (TPSA) is 46.2 Å². The molecule has 2 nitrogen and oxygen atoms in total. The second-order valence-electron chi connectivity index (χ2n) is 4.85. The van der Waals surface area contributed by atoms with Crippen LogP contribution in [0.1, 0.15) is 52.4 Å². The zero-order valence-corrected chi connectivity index (χ0v) is 9.63. The van der Waals surface area contributed by atoms with Gasteiger partial charge in [-0.05, 0) is 37.5 Å². The molecule has 0 aromatic heterocycles. The Morgan fingerprint density at radius 2 is 2.21 bits per heavy atom. The van der Waals surface area contributed by atoms with Gasteiger partial charge in [0.1, 0.15) is 0 Å². The van der Waals surface area contributed by atoms with Crippen LogP contribution in [-0.4, -0.2) is 17.8 Å². The van der Waals surface area contributed by atoms with E-state index in [-0.39, 0.29) is 18.1 Å². The van der Waals surface area contributed by atoms with Crippen molar-refractivity contribution in [2.24, 2.45) is 17.1 Å². The van der Waals surface area contributed by atoms with Crippen molar-refractivity contribution < 1.29 is 5.11 Å². The van der Waals surface area contributed by atoms with E-state index in [1.165, 1.54) is 32.1 Å². The lowest BCUT2D eigenvalue weighted by molar-refractivity contribution is 0.0357. The molecule has 0 aliphatic heterocycles. The standard InChI is InChI=1S/C12H25NO/c1-3-11-6-4-5-7-12(11,8-9-14)10(2)13/h10-11,14H,3-9,13H2,1-2H3. The van der Waals surface area contributed by atoms with Gasteiger partial charge in [0.25, 0.3) is 0 Å². The number of nitrogens with two attached hydrogens (primary N) is 1. The molecule has 1 fully saturated rings. The Labute approximate surface area is 87.9 Å². The Bertz CT molecular complexity index is 166. The molecule has 1 saturated carbocycles. The summed E-state index contributed by atoms with van der Waals surface area (Å²) in [6, 6.07) is 0.222. The quantitative estimate of drug-likeness (QED) is 0.730. The average Bonchev–Trinajstić information content (AvgIpc) is 2.18. The van der Waals surface area contributed by atoms with E-state index < -0.39 is 0 Å². The van der Waals surface area contributed by atoms with Crippen molar-refractivity contribution >= 4 is 0 Å². The van der Waals surface area contributed by atoms with Gasteiger partial charge in [-0.2, -0.15) is 0 Å². The van der Waals surface area contributed by atoms with Crippen molar-refractivity contribution in [3.8, 4) is 0 Å². The number of hydrogen-bond acceptors (Lipinski definition) is 2. The third-order valence-corrected chi connectivity index (χ3v) is 4.23. The third-order valence-electron chi connectivity index (χ3n) is 4.23. The maximum Gasteiger partial charge on any atom is 0.0437 e. The predicted octanol–water partition coefficient (Wildman–Crippen LogP) is 2.30. The van der Waals surface area contributed by atoms with E-state index in [1.807, 2.05) is 0 Å². The Hall–Kier alpha value is -0.0800. The van der Waals surface area contributed by atoms with Crippen molar-refractivity contribution in [2.75, 3.05) is 6.61 Å². The average molecular weight is 199 g/mol. The van der Waals surface area contributed by atoms with Gasteiger partial charge in [-0.1, -0.05) is 26.2 Å². The molecule has 0 aromatic carbocycles. The van der Waals surface area contributed by atoms with E-state index in [0.29, 0.717) is 0 Å². The molecule has 1 rings (SSSR count). The van der Waals surface area contributed by atoms with Gasteiger partial charge in [0, 0.05) is 12.6 Å². The molecular formula is C12H25NO. The van der Waals surface area contributed by atoms with Gasteiger partial charge in [-0.25, -0.2) is 0 Å². The van der Waals surface area contributed by atoms with E-state index in [9.17, 15) is 5.11 Å². The lowest BCUT2D eigenvalue weighted by Crippen LogP contribution is -2.47. The molecule has 3 atom stereocenters. The van der Waals surface area contributed by atoms with Crippen LogP contribution in [0.2, 0.25) is 0 Å². The fourth-order valence-corrected chi connectivity index (χ4v) is 3.31. The molecule has 0 amide bonds. The highest BCUT2D eigenvalue weighted by Crippen LogP contribution is 2.47. The summed E-state index contributed by atoms with van der Waals surface area (Å²) in [6.45, 7) is 4.66. The Morgan fingerprint density at radius 3 is 2.71 bits per heavy atom. The molecule has 0 radical (unpaired) electrons. The van der Waals surface area contributed by atoms with Crippen LogP contribution >= 0.6 is 0 Å². The molecule has 2 heteroatoms. The number of hydrogen-bond donors (Lipinski definition) is 2. The van der Waals surface area contributed by atoms with Crippen LogP contribution in [0.5, 0.6) is 0 Å². The van der Waals surface area contributed by atoms with E-state index >= 15 is 0 Å². The second-order valence-corrected chi connectivity index (χ2v) is 4.85. The van der Waals surface area contributed by atoms with E-state index in [2.05, 4.69) is 13.8 Å². The van der Waals surface area contributed by atoms with Crippen molar-refractivity contribution in [1.82, 2.24) is 0 Å². The molecule has 0 saturated heterocycles. The Morgan fingerprint density at radius 1 is 1.50 bits per heavy atom. The van der Waals surface area contributed by atoms with Gasteiger partial charge in [-0.3, -0.25) is 0 Å². The molecule has 0 heterocycles. The maximum absolute atomic E-state index is 9.19. The van der Waals surface area contributed by atoms with E-state index in [0.717, 1.165) is 12.3 Å². The highest BCUT2D eigenvalue weighted by Gasteiger charge is 2.41. The largest absolute Gasteiger partial charge is 0.396 e. The summed E-state index contributed by atoms with van der Waals surface area (Å²) in [5.74, 6) is 0.725. The summed E-state index contributed by atoms with van der Waals surface area (Å²) >= 11 is 0. The maximum atomic E-state index is 9.19. The first-order chi connectivity index (χ1) is 6.67. The monoisotopic (exact) mass is 199 g/mol. The molecule has 0 aromatic rings. The molecule has 3 unspecified atom stereocenters. The zero-order valence-electron chi connectivity index (χ0n) is 9.63. The number of aliphatic hydroxyl groups excluding tert-OH is 1. The van der Waals surface area contributed by atoms with Gasteiger partial charge in [0.15, 0.2) is 0 Å². The van der Waals surface area contributed by atoms with Crippen molar-refractivity contribution in [3.63, 3.8) is 0 Å². The summed E-state index contributed by atoms with van der Waals surface area (Å²) in [4.78, 5) is 0. The fourth-order valence-electron chi connectivity index (χ4n) is 3.31. The Kier molecular flexibility index (Phi) is 4.39. The van der Waals surface area contributed by atoms with Gasteiger partial charge in [0.2, 0.25) is 0 Å². The summed E-state index contributed by atoms with van der Waals surface area (Å²) in [6.07, 6.45) is 7.25. The first-order valence-electron chi connectivity index (χ1n) is 6.03. The van der Waals surface area contributed by atoms with Crippen LogP contribution in [0.3, 0.4) is 0 Å². The molecule has 3 N–H and O–H groups in total. The molecule has 1 aliphatic carbocycles. The van der Waals surface area contributed by atoms with Gasteiger partial charge in [0.05, 0.1) is 0 Å². The molecule has 0 bridgehead atoms. The van der Waals surface area contributed by atoms with E-state index in [4.69, 9.17) is 5.73 Å². The van der Waals surface area contributed by atoms with Gasteiger partial charge >= 0.3 is 0 Å². The second kappa shape index (κ2) is 5.13. The summed E-state index contributed by atoms with van der Waals surface area (Å²) in [5, 5.41) is 9.19. The van der Waals surface area contributed by atoms with Crippen molar-refractivity contribution in [2.45, 2.75) is 58.4 Å². The van der Waals surface area contributed by atoms with Crippen LogP contribution in [0.15, 0.2) is 0 Å². The lowest BCUT2D eigenvalue weighted by atomic mass is 9.60. The highest BCUT2D eigenvalue weighted by atomic mass is 16.3.